The lowest BCUT2D eigenvalue weighted by atomic mass is 9.95. The number of aryl methyl sites for hydroxylation is 2. The first kappa shape index (κ1) is 17.5. The van der Waals surface area contributed by atoms with E-state index in [4.69, 9.17) is 0 Å². The molecule has 2 aliphatic rings. The first-order valence-electron chi connectivity index (χ1n) is 10.5. The Bertz CT molecular complexity index is 1010. The highest BCUT2D eigenvalue weighted by atomic mass is 16.2. The molecule has 0 atom stereocenters. The summed E-state index contributed by atoms with van der Waals surface area (Å²) in [7, 11) is 2.02. The lowest BCUT2D eigenvalue weighted by molar-refractivity contribution is 0.0710. The predicted octanol–water partition coefficient (Wildman–Crippen LogP) is 3.52. The van der Waals surface area contributed by atoms with E-state index in [0.29, 0.717) is 5.92 Å². The molecule has 6 heteroatoms. The summed E-state index contributed by atoms with van der Waals surface area (Å²) in [6.45, 7) is 2.63. The maximum absolute atomic E-state index is 13.0. The maximum atomic E-state index is 13.0. The van der Waals surface area contributed by atoms with Gasteiger partial charge >= 0.3 is 0 Å². The zero-order valence-corrected chi connectivity index (χ0v) is 16.5. The molecular weight excluding hydrogens is 350 g/mol. The van der Waals surface area contributed by atoms with Crippen LogP contribution < -0.4 is 0 Å². The molecule has 4 heterocycles. The summed E-state index contributed by atoms with van der Waals surface area (Å²) in [5, 5.41) is 10.2. The summed E-state index contributed by atoms with van der Waals surface area (Å²) in [4.78, 5) is 15.0. The lowest BCUT2D eigenvalue weighted by Gasteiger charge is -2.32. The van der Waals surface area contributed by atoms with Gasteiger partial charge in [0.05, 0.1) is 0 Å². The topological polar surface area (TPSA) is 56.0 Å². The van der Waals surface area contributed by atoms with E-state index in [1.54, 1.807) is 0 Å². The Kier molecular flexibility index (Phi) is 4.41. The third-order valence-electron chi connectivity index (χ3n) is 6.42. The van der Waals surface area contributed by atoms with Crippen molar-refractivity contribution < 1.29 is 4.79 Å². The molecule has 28 heavy (non-hydrogen) atoms. The highest BCUT2D eigenvalue weighted by molar-refractivity contribution is 5.98. The Balaban J connectivity index is 1.29. The van der Waals surface area contributed by atoms with Gasteiger partial charge in [0, 0.05) is 56.3 Å². The number of benzene rings is 1. The minimum atomic E-state index is 0.140. The molecule has 0 aliphatic carbocycles. The third kappa shape index (κ3) is 3.01. The molecule has 6 nitrogen and oxygen atoms in total. The quantitative estimate of drug-likeness (QED) is 0.687. The first-order chi connectivity index (χ1) is 13.7. The minimum Gasteiger partial charge on any atom is -0.351 e. The number of hydrogen-bond donors (Lipinski definition) is 0. The van der Waals surface area contributed by atoms with Crippen molar-refractivity contribution in [1.82, 2.24) is 24.2 Å². The van der Waals surface area contributed by atoms with Gasteiger partial charge in [-0.1, -0.05) is 12.5 Å². The number of likely N-dealkylation sites (tertiary alicyclic amines) is 1. The Hall–Kier alpha value is -2.63. The third-order valence-corrected chi connectivity index (χ3v) is 6.42. The normalized spacial score (nSPS) is 18.2. The molecule has 1 aromatic carbocycles. The average Bonchev–Trinajstić information content (AvgIpc) is 3.22. The summed E-state index contributed by atoms with van der Waals surface area (Å²) >= 11 is 0. The van der Waals surface area contributed by atoms with Gasteiger partial charge in [-0.15, -0.1) is 10.2 Å². The smallest absolute Gasteiger partial charge is 0.253 e. The molecule has 0 N–H and O–H groups in total. The summed E-state index contributed by atoms with van der Waals surface area (Å²) in [5.74, 6) is 2.86. The summed E-state index contributed by atoms with van der Waals surface area (Å²) in [6, 6.07) is 8.09. The van der Waals surface area contributed by atoms with E-state index >= 15 is 0 Å². The van der Waals surface area contributed by atoms with Crippen molar-refractivity contribution in [2.45, 2.75) is 51.0 Å². The van der Waals surface area contributed by atoms with Gasteiger partial charge in [0.25, 0.3) is 5.91 Å². The van der Waals surface area contributed by atoms with Gasteiger partial charge in [-0.05, 0) is 49.3 Å². The molecule has 0 bridgehead atoms. The molecule has 1 fully saturated rings. The fourth-order valence-electron chi connectivity index (χ4n) is 4.73. The molecule has 1 amide bonds. The van der Waals surface area contributed by atoms with Crippen LogP contribution in [0.1, 0.15) is 60.0 Å². The Morgan fingerprint density at radius 1 is 1.04 bits per heavy atom. The van der Waals surface area contributed by atoms with Crippen LogP contribution in [0.2, 0.25) is 0 Å². The van der Waals surface area contributed by atoms with Gasteiger partial charge in [-0.3, -0.25) is 4.79 Å². The van der Waals surface area contributed by atoms with Gasteiger partial charge < -0.3 is 14.0 Å². The number of amides is 1. The molecule has 0 saturated carbocycles. The first-order valence-corrected chi connectivity index (χ1v) is 10.5. The Labute approximate surface area is 165 Å². The standard InChI is InChI=1S/C22H27N5O/c1-25-12-8-16-6-7-18(15-19(16)25)22(28)26-13-9-17(10-14-26)21-24-23-20-5-3-2-4-11-27(20)21/h6-8,12,15,17H,2-5,9-11,13-14H2,1H3. The zero-order valence-electron chi connectivity index (χ0n) is 16.5. The second-order valence-corrected chi connectivity index (χ2v) is 8.20. The van der Waals surface area contributed by atoms with Crippen LogP contribution >= 0.6 is 0 Å². The van der Waals surface area contributed by atoms with Crippen molar-refractivity contribution in [3.63, 3.8) is 0 Å². The second-order valence-electron chi connectivity index (χ2n) is 8.20. The zero-order chi connectivity index (χ0) is 19.1. The van der Waals surface area contributed by atoms with Gasteiger partial charge in [0.2, 0.25) is 0 Å². The van der Waals surface area contributed by atoms with E-state index in [-0.39, 0.29) is 5.91 Å². The van der Waals surface area contributed by atoms with Crippen LogP contribution in [0.25, 0.3) is 10.9 Å². The Morgan fingerprint density at radius 2 is 1.89 bits per heavy atom. The van der Waals surface area contributed by atoms with Gasteiger partial charge in [0.1, 0.15) is 11.6 Å². The van der Waals surface area contributed by atoms with Crippen LogP contribution in [-0.4, -0.2) is 43.2 Å². The molecule has 3 aromatic rings. The number of rotatable bonds is 2. The van der Waals surface area contributed by atoms with Crippen molar-refractivity contribution >= 4 is 16.8 Å². The van der Waals surface area contributed by atoms with Gasteiger partial charge in [-0.25, -0.2) is 0 Å². The van der Waals surface area contributed by atoms with Crippen LogP contribution in [0, 0.1) is 0 Å². The summed E-state index contributed by atoms with van der Waals surface area (Å²) < 4.78 is 4.42. The number of nitrogens with zero attached hydrogens (tertiary/aromatic N) is 5. The van der Waals surface area contributed by atoms with Crippen LogP contribution in [0.4, 0.5) is 0 Å². The van der Waals surface area contributed by atoms with Gasteiger partial charge in [-0.2, -0.15) is 0 Å². The van der Waals surface area contributed by atoms with Crippen LogP contribution in [0.5, 0.6) is 0 Å². The number of piperidine rings is 1. The Morgan fingerprint density at radius 3 is 2.75 bits per heavy atom. The van der Waals surface area contributed by atoms with Crippen LogP contribution in [0.15, 0.2) is 30.5 Å². The second kappa shape index (κ2) is 7.08. The van der Waals surface area contributed by atoms with E-state index in [9.17, 15) is 4.79 Å². The molecule has 0 spiro atoms. The average molecular weight is 377 g/mol. The predicted molar refractivity (Wildman–Crippen MR) is 108 cm³/mol. The number of aromatic nitrogens is 4. The summed E-state index contributed by atoms with van der Waals surface area (Å²) in [6.07, 6.45) is 8.74. The molecular formula is C22H27N5O. The van der Waals surface area contributed by atoms with Crippen molar-refractivity contribution in [3.8, 4) is 0 Å². The van der Waals surface area contributed by atoms with E-state index in [2.05, 4.69) is 25.4 Å². The van der Waals surface area contributed by atoms with E-state index in [1.165, 1.54) is 24.6 Å². The number of fused-ring (bicyclic) bond motifs is 2. The highest BCUT2D eigenvalue weighted by Gasteiger charge is 2.29. The monoisotopic (exact) mass is 377 g/mol. The van der Waals surface area contributed by atoms with Crippen molar-refractivity contribution in [1.29, 1.82) is 0 Å². The highest BCUT2D eigenvalue weighted by Crippen LogP contribution is 2.30. The van der Waals surface area contributed by atoms with Crippen LogP contribution in [0.3, 0.4) is 0 Å². The maximum Gasteiger partial charge on any atom is 0.253 e. The van der Waals surface area contributed by atoms with Gasteiger partial charge in [0.15, 0.2) is 0 Å². The molecule has 2 aliphatic heterocycles. The molecule has 0 radical (unpaired) electrons. The number of hydrogen-bond acceptors (Lipinski definition) is 3. The van der Waals surface area contributed by atoms with E-state index < -0.39 is 0 Å². The fraction of sp³-hybridized carbons (Fsp3) is 0.500. The minimum absolute atomic E-state index is 0.140. The van der Waals surface area contributed by atoms with E-state index in [1.807, 2.05) is 36.3 Å². The largest absolute Gasteiger partial charge is 0.351 e. The van der Waals surface area contributed by atoms with Crippen molar-refractivity contribution in [2.75, 3.05) is 13.1 Å². The molecule has 146 valence electrons. The SMILES string of the molecule is Cn1ccc2ccc(C(=O)N3CCC(c4nnc5n4CCCCC5)CC3)cc21. The fourth-order valence-corrected chi connectivity index (χ4v) is 4.73. The van der Waals surface area contributed by atoms with Crippen molar-refractivity contribution in [3.05, 3.63) is 47.7 Å². The summed E-state index contributed by atoms with van der Waals surface area (Å²) in [5.41, 5.74) is 1.89. The van der Waals surface area contributed by atoms with E-state index in [0.717, 1.165) is 61.6 Å². The molecule has 2 aromatic heterocycles. The number of carbonyl (C=O) groups is 1. The van der Waals surface area contributed by atoms with Crippen LogP contribution in [-0.2, 0) is 20.0 Å². The molecule has 1 saturated heterocycles. The lowest BCUT2D eigenvalue weighted by Crippen LogP contribution is -2.38. The van der Waals surface area contributed by atoms with Crippen molar-refractivity contribution in [2.24, 2.45) is 7.05 Å². The molecule has 0 unspecified atom stereocenters. The molecule has 5 rings (SSSR count). The number of carbonyl (C=O) groups excluding carboxylic acids is 1.